The number of hydrogen-bond donors (Lipinski definition) is 1. The molecule has 1 atom stereocenters. The molecule has 1 N–H and O–H groups in total. The van der Waals surface area contributed by atoms with E-state index in [0.29, 0.717) is 4.47 Å². The van der Waals surface area contributed by atoms with Gasteiger partial charge in [-0.2, -0.15) is 0 Å². The van der Waals surface area contributed by atoms with Gasteiger partial charge >= 0.3 is 0 Å². The van der Waals surface area contributed by atoms with Crippen LogP contribution >= 0.6 is 50.5 Å². The molecular formula is C12H10BrCl2NO2S2. The molecule has 2 rings (SSSR count). The molecule has 1 unspecified atom stereocenters. The maximum absolute atomic E-state index is 12.4. The minimum absolute atomic E-state index is 0.0789. The van der Waals surface area contributed by atoms with Crippen LogP contribution in [0.2, 0.25) is 10.0 Å². The zero-order chi connectivity index (χ0) is 14.9. The second kappa shape index (κ2) is 6.34. The van der Waals surface area contributed by atoms with E-state index in [1.165, 1.54) is 23.5 Å². The van der Waals surface area contributed by atoms with Crippen molar-refractivity contribution in [2.45, 2.75) is 17.9 Å². The summed E-state index contributed by atoms with van der Waals surface area (Å²) >= 11 is 16.7. The molecule has 0 spiro atoms. The van der Waals surface area contributed by atoms with Gasteiger partial charge in [-0.25, -0.2) is 13.1 Å². The molecule has 8 heteroatoms. The molecule has 1 heterocycles. The summed E-state index contributed by atoms with van der Waals surface area (Å²) < 4.78 is 28.0. The molecule has 1 aromatic heterocycles. The highest BCUT2D eigenvalue weighted by Gasteiger charge is 2.25. The lowest BCUT2D eigenvalue weighted by Crippen LogP contribution is -2.27. The lowest BCUT2D eigenvalue weighted by Gasteiger charge is -2.15. The van der Waals surface area contributed by atoms with E-state index in [-0.39, 0.29) is 21.0 Å². The summed E-state index contributed by atoms with van der Waals surface area (Å²) in [6.07, 6.45) is 0. The van der Waals surface area contributed by atoms with E-state index in [2.05, 4.69) is 20.7 Å². The Balaban J connectivity index is 2.37. The summed E-state index contributed by atoms with van der Waals surface area (Å²) in [5.74, 6) is 0. The van der Waals surface area contributed by atoms with Crippen LogP contribution in [0.1, 0.15) is 17.8 Å². The Bertz CT molecular complexity index is 694. The Morgan fingerprint density at radius 3 is 2.40 bits per heavy atom. The van der Waals surface area contributed by atoms with E-state index in [1.807, 2.05) is 17.5 Å². The van der Waals surface area contributed by atoms with Crippen LogP contribution in [-0.4, -0.2) is 8.42 Å². The smallest absolute Gasteiger partial charge is 0.207 e. The third-order valence-electron chi connectivity index (χ3n) is 2.53. The molecule has 0 saturated heterocycles. The average molecular weight is 415 g/mol. The molecule has 0 aliphatic heterocycles. The normalized spacial score (nSPS) is 13.4. The van der Waals surface area contributed by atoms with Crippen molar-refractivity contribution in [3.63, 3.8) is 0 Å². The van der Waals surface area contributed by atoms with Crippen molar-refractivity contribution < 1.29 is 8.42 Å². The SMILES string of the molecule is CC(NS(=O)(=O)c1c(Cl)cc(Br)cc1Cl)c1cccs1. The van der Waals surface area contributed by atoms with Gasteiger partial charge in [0.2, 0.25) is 10.0 Å². The van der Waals surface area contributed by atoms with Crippen LogP contribution in [0, 0.1) is 0 Å². The van der Waals surface area contributed by atoms with Gasteiger partial charge in [0.25, 0.3) is 0 Å². The van der Waals surface area contributed by atoms with Gasteiger partial charge in [0.15, 0.2) is 0 Å². The third-order valence-corrected chi connectivity index (χ3v) is 6.51. The van der Waals surface area contributed by atoms with Gasteiger partial charge in [-0.1, -0.05) is 45.2 Å². The van der Waals surface area contributed by atoms with Crippen molar-refractivity contribution in [3.8, 4) is 0 Å². The van der Waals surface area contributed by atoms with E-state index in [0.717, 1.165) is 4.88 Å². The molecule has 20 heavy (non-hydrogen) atoms. The number of benzene rings is 1. The molecular weight excluding hydrogens is 405 g/mol. The quantitative estimate of drug-likeness (QED) is 0.776. The number of rotatable bonds is 4. The summed E-state index contributed by atoms with van der Waals surface area (Å²) in [6, 6.07) is 6.37. The Kier molecular flexibility index (Phi) is 5.15. The van der Waals surface area contributed by atoms with Crippen molar-refractivity contribution in [2.24, 2.45) is 0 Å². The number of thiophene rings is 1. The van der Waals surface area contributed by atoms with Crippen molar-refractivity contribution in [1.29, 1.82) is 0 Å². The summed E-state index contributed by atoms with van der Waals surface area (Å²) in [5, 5.41) is 2.05. The van der Waals surface area contributed by atoms with E-state index >= 15 is 0 Å². The monoisotopic (exact) mass is 413 g/mol. The maximum atomic E-state index is 12.4. The summed E-state index contributed by atoms with van der Waals surface area (Å²) in [7, 11) is -3.79. The fourth-order valence-corrected chi connectivity index (χ4v) is 5.64. The predicted molar refractivity (Wildman–Crippen MR) is 87.2 cm³/mol. The fourth-order valence-electron chi connectivity index (χ4n) is 1.67. The molecule has 0 radical (unpaired) electrons. The molecule has 108 valence electrons. The highest BCUT2D eigenvalue weighted by molar-refractivity contribution is 9.10. The third kappa shape index (κ3) is 3.55. The number of nitrogens with one attached hydrogen (secondary N) is 1. The molecule has 0 fully saturated rings. The van der Waals surface area contributed by atoms with Gasteiger partial charge in [-0.3, -0.25) is 0 Å². The summed E-state index contributed by atoms with van der Waals surface area (Å²) in [6.45, 7) is 1.77. The van der Waals surface area contributed by atoms with Gasteiger partial charge in [0, 0.05) is 9.35 Å². The van der Waals surface area contributed by atoms with Gasteiger partial charge in [0.05, 0.1) is 16.1 Å². The highest BCUT2D eigenvalue weighted by atomic mass is 79.9. The predicted octanol–water partition coefficient (Wildman–Crippen LogP) is 4.86. The van der Waals surface area contributed by atoms with E-state index < -0.39 is 10.0 Å². The van der Waals surface area contributed by atoms with E-state index in [1.54, 1.807) is 6.92 Å². The molecule has 0 aliphatic rings. The standard InChI is InChI=1S/C12H10BrCl2NO2S2/c1-7(11-3-2-4-19-11)16-20(17,18)12-9(14)5-8(13)6-10(12)15/h2-7,16H,1H3. The zero-order valence-electron chi connectivity index (χ0n) is 10.2. The first-order valence-electron chi connectivity index (χ1n) is 5.51. The van der Waals surface area contributed by atoms with Crippen LogP contribution in [0.5, 0.6) is 0 Å². The van der Waals surface area contributed by atoms with Crippen molar-refractivity contribution in [3.05, 3.63) is 49.0 Å². The largest absolute Gasteiger partial charge is 0.244 e. The van der Waals surface area contributed by atoms with Crippen molar-refractivity contribution in [1.82, 2.24) is 4.72 Å². The molecule has 3 nitrogen and oxygen atoms in total. The van der Waals surface area contributed by atoms with E-state index in [9.17, 15) is 8.42 Å². The minimum Gasteiger partial charge on any atom is -0.207 e. The zero-order valence-corrected chi connectivity index (χ0v) is 15.0. The van der Waals surface area contributed by atoms with Gasteiger partial charge in [-0.05, 0) is 30.5 Å². The van der Waals surface area contributed by atoms with E-state index in [4.69, 9.17) is 23.2 Å². The maximum Gasteiger partial charge on any atom is 0.244 e. The Morgan fingerprint density at radius 2 is 1.90 bits per heavy atom. The van der Waals surface area contributed by atoms with Crippen molar-refractivity contribution >= 4 is 60.5 Å². The van der Waals surface area contributed by atoms with Crippen LogP contribution in [0.25, 0.3) is 0 Å². The van der Waals surface area contributed by atoms with Gasteiger partial charge in [-0.15, -0.1) is 11.3 Å². The van der Waals surface area contributed by atoms with Crippen LogP contribution in [-0.2, 0) is 10.0 Å². The molecule has 2 aromatic rings. The Labute approximate surface area is 140 Å². The topological polar surface area (TPSA) is 46.2 Å². The van der Waals surface area contributed by atoms with Gasteiger partial charge < -0.3 is 0 Å². The Hall–Kier alpha value is -0.110. The molecule has 0 saturated carbocycles. The van der Waals surface area contributed by atoms with Crippen LogP contribution in [0.3, 0.4) is 0 Å². The van der Waals surface area contributed by atoms with Gasteiger partial charge in [0.1, 0.15) is 4.90 Å². The lowest BCUT2D eigenvalue weighted by molar-refractivity contribution is 0.568. The van der Waals surface area contributed by atoms with Crippen molar-refractivity contribution in [2.75, 3.05) is 0 Å². The van der Waals surface area contributed by atoms with Crippen LogP contribution in [0.4, 0.5) is 0 Å². The van der Waals surface area contributed by atoms with Crippen LogP contribution < -0.4 is 4.72 Å². The highest BCUT2D eigenvalue weighted by Crippen LogP contribution is 2.33. The average Bonchev–Trinajstić information content (AvgIpc) is 2.78. The summed E-state index contributed by atoms with van der Waals surface area (Å²) in [5.41, 5.74) is 0. The molecule has 0 aliphatic carbocycles. The number of sulfonamides is 1. The fraction of sp³-hybridized carbons (Fsp3) is 0.167. The molecule has 0 bridgehead atoms. The Morgan fingerprint density at radius 1 is 1.30 bits per heavy atom. The second-order valence-corrected chi connectivity index (χ2v) is 8.42. The minimum atomic E-state index is -3.79. The number of halogens is 3. The first-order valence-corrected chi connectivity index (χ1v) is 9.42. The van der Waals surface area contributed by atoms with Crippen LogP contribution in [0.15, 0.2) is 39.0 Å². The molecule has 1 aromatic carbocycles. The second-order valence-electron chi connectivity index (χ2n) is 4.06. The first-order chi connectivity index (χ1) is 9.31. The number of hydrogen-bond acceptors (Lipinski definition) is 3. The molecule has 0 amide bonds. The first kappa shape index (κ1) is 16.3. The lowest BCUT2D eigenvalue weighted by atomic mass is 10.3. The summed E-state index contributed by atoms with van der Waals surface area (Å²) in [4.78, 5) is 0.811.